The van der Waals surface area contributed by atoms with Gasteiger partial charge in [-0.15, -0.1) is 0 Å². The Hall–Kier alpha value is -2.85. The number of nitrogens with one attached hydrogen (secondary N) is 1. The Kier molecular flexibility index (Phi) is 4.77. The Labute approximate surface area is 145 Å². The lowest BCUT2D eigenvalue weighted by Crippen LogP contribution is -2.19. The van der Waals surface area contributed by atoms with E-state index in [-0.39, 0.29) is 5.91 Å². The van der Waals surface area contributed by atoms with Gasteiger partial charge in [-0.3, -0.25) is 4.79 Å². The monoisotopic (exact) mass is 337 g/mol. The van der Waals surface area contributed by atoms with Crippen LogP contribution in [-0.4, -0.2) is 16.2 Å². The second kappa shape index (κ2) is 7.15. The van der Waals surface area contributed by atoms with Crippen LogP contribution in [0.4, 0.5) is 0 Å². The van der Waals surface area contributed by atoms with Gasteiger partial charge in [-0.05, 0) is 61.0 Å². The van der Waals surface area contributed by atoms with Gasteiger partial charge in [-0.25, -0.2) is 5.43 Å². The van der Waals surface area contributed by atoms with Gasteiger partial charge in [0.1, 0.15) is 0 Å². The van der Waals surface area contributed by atoms with E-state index in [4.69, 9.17) is 11.6 Å². The van der Waals surface area contributed by atoms with Crippen molar-refractivity contribution in [2.45, 2.75) is 6.92 Å². The Morgan fingerprint density at radius 2 is 1.54 bits per heavy atom. The molecule has 5 heteroatoms. The first-order chi connectivity index (χ1) is 11.6. The number of hydrazone groups is 1. The fraction of sp³-hybridized carbons (Fsp3) is 0.0526. The Balaban J connectivity index is 1.69. The molecule has 0 radical (unpaired) electrons. The molecule has 120 valence electrons. The second-order valence-corrected chi connectivity index (χ2v) is 5.72. The number of amides is 1. The van der Waals surface area contributed by atoms with Crippen LogP contribution in [0.1, 0.15) is 22.8 Å². The minimum Gasteiger partial charge on any atom is -0.324 e. The molecule has 1 heterocycles. The zero-order valence-electron chi connectivity index (χ0n) is 13.1. The highest BCUT2D eigenvalue weighted by atomic mass is 35.5. The topological polar surface area (TPSA) is 46.4 Å². The van der Waals surface area contributed by atoms with Crippen molar-refractivity contribution in [2.24, 2.45) is 5.10 Å². The summed E-state index contributed by atoms with van der Waals surface area (Å²) in [7, 11) is 0. The number of hydrogen-bond acceptors (Lipinski definition) is 2. The molecule has 0 spiro atoms. The van der Waals surface area contributed by atoms with Crippen LogP contribution in [0.5, 0.6) is 0 Å². The molecule has 1 aromatic heterocycles. The van der Waals surface area contributed by atoms with Crippen molar-refractivity contribution in [1.82, 2.24) is 9.99 Å². The lowest BCUT2D eigenvalue weighted by Gasteiger charge is -2.06. The van der Waals surface area contributed by atoms with Crippen molar-refractivity contribution in [2.75, 3.05) is 0 Å². The number of rotatable bonds is 4. The molecule has 2 aromatic carbocycles. The molecular weight excluding hydrogens is 322 g/mol. The van der Waals surface area contributed by atoms with Crippen LogP contribution in [0.3, 0.4) is 0 Å². The summed E-state index contributed by atoms with van der Waals surface area (Å²) in [6, 6.07) is 18.6. The van der Waals surface area contributed by atoms with Crippen LogP contribution < -0.4 is 5.43 Å². The van der Waals surface area contributed by atoms with E-state index in [1.807, 2.05) is 60.3 Å². The van der Waals surface area contributed by atoms with Crippen LogP contribution in [0.15, 0.2) is 78.2 Å². The summed E-state index contributed by atoms with van der Waals surface area (Å²) in [6.07, 6.45) is 3.98. The van der Waals surface area contributed by atoms with Crippen LogP contribution >= 0.6 is 11.6 Å². The Morgan fingerprint density at radius 3 is 2.17 bits per heavy atom. The molecule has 0 fully saturated rings. The van der Waals surface area contributed by atoms with Gasteiger partial charge in [-0.1, -0.05) is 23.7 Å². The van der Waals surface area contributed by atoms with Crippen molar-refractivity contribution >= 4 is 23.2 Å². The molecule has 3 rings (SSSR count). The van der Waals surface area contributed by atoms with Crippen LogP contribution in [0.2, 0.25) is 5.02 Å². The van der Waals surface area contributed by atoms with Crippen LogP contribution in [-0.2, 0) is 0 Å². The quantitative estimate of drug-likeness (QED) is 0.560. The van der Waals surface area contributed by atoms with E-state index in [1.54, 1.807) is 24.3 Å². The molecular formula is C19H16ClN3O. The standard InChI is InChI=1S/C19H16ClN3O/c1-14(21-22-19(24)16-4-8-17(20)9-5-16)15-6-10-18(11-7-15)23-12-2-3-13-23/h2-13H,1H3,(H,22,24)/b21-14+. The highest BCUT2D eigenvalue weighted by Crippen LogP contribution is 2.11. The summed E-state index contributed by atoms with van der Waals surface area (Å²) in [4.78, 5) is 12.0. The highest BCUT2D eigenvalue weighted by Gasteiger charge is 2.05. The second-order valence-electron chi connectivity index (χ2n) is 5.28. The van der Waals surface area contributed by atoms with Gasteiger partial charge >= 0.3 is 0 Å². The SMILES string of the molecule is C/C(=N\NC(=O)c1ccc(Cl)cc1)c1ccc(-n2cccc2)cc1. The fourth-order valence-corrected chi connectivity index (χ4v) is 2.37. The molecule has 0 bridgehead atoms. The molecule has 1 N–H and O–H groups in total. The largest absolute Gasteiger partial charge is 0.324 e. The lowest BCUT2D eigenvalue weighted by molar-refractivity contribution is 0.0955. The minimum atomic E-state index is -0.269. The molecule has 0 aliphatic heterocycles. The summed E-state index contributed by atoms with van der Waals surface area (Å²) in [6.45, 7) is 1.85. The Bertz CT molecular complexity index is 851. The van der Waals surface area contributed by atoms with Gasteiger partial charge in [0.05, 0.1) is 5.71 Å². The number of halogens is 1. The highest BCUT2D eigenvalue weighted by molar-refractivity contribution is 6.30. The third-order valence-electron chi connectivity index (χ3n) is 3.62. The van der Waals surface area contributed by atoms with E-state index in [0.29, 0.717) is 10.6 Å². The lowest BCUT2D eigenvalue weighted by atomic mass is 10.1. The average molecular weight is 338 g/mol. The van der Waals surface area contributed by atoms with Crippen molar-refractivity contribution in [3.63, 3.8) is 0 Å². The van der Waals surface area contributed by atoms with Crippen molar-refractivity contribution in [3.8, 4) is 5.69 Å². The molecule has 3 aromatic rings. The summed E-state index contributed by atoms with van der Waals surface area (Å²) in [5, 5.41) is 4.75. The van der Waals surface area contributed by atoms with Crippen molar-refractivity contribution in [3.05, 3.63) is 89.2 Å². The zero-order chi connectivity index (χ0) is 16.9. The van der Waals surface area contributed by atoms with Crippen LogP contribution in [0.25, 0.3) is 5.69 Å². The van der Waals surface area contributed by atoms with Gasteiger partial charge in [0.15, 0.2) is 0 Å². The molecule has 0 saturated carbocycles. The smallest absolute Gasteiger partial charge is 0.271 e. The normalized spacial score (nSPS) is 11.3. The summed E-state index contributed by atoms with van der Waals surface area (Å²) in [5.41, 5.74) is 5.82. The first-order valence-electron chi connectivity index (χ1n) is 7.47. The van der Waals surface area contributed by atoms with E-state index >= 15 is 0 Å². The average Bonchev–Trinajstić information content (AvgIpc) is 3.15. The number of nitrogens with zero attached hydrogens (tertiary/aromatic N) is 2. The molecule has 0 aliphatic rings. The molecule has 0 saturated heterocycles. The number of carbonyl (C=O) groups is 1. The third-order valence-corrected chi connectivity index (χ3v) is 3.87. The van der Waals surface area contributed by atoms with Crippen molar-refractivity contribution in [1.29, 1.82) is 0 Å². The van der Waals surface area contributed by atoms with Gasteiger partial charge in [0.25, 0.3) is 5.91 Å². The predicted octanol–water partition coefficient (Wildman–Crippen LogP) is 4.28. The van der Waals surface area contributed by atoms with Crippen LogP contribution in [0, 0.1) is 0 Å². The Morgan fingerprint density at radius 1 is 0.958 bits per heavy atom. The minimum absolute atomic E-state index is 0.269. The van der Waals surface area contributed by atoms with E-state index in [1.165, 1.54) is 0 Å². The van der Waals surface area contributed by atoms with Gasteiger partial charge in [0, 0.05) is 28.7 Å². The summed E-state index contributed by atoms with van der Waals surface area (Å²) < 4.78 is 2.03. The van der Waals surface area contributed by atoms with E-state index < -0.39 is 0 Å². The summed E-state index contributed by atoms with van der Waals surface area (Å²) in [5.74, 6) is -0.269. The number of aromatic nitrogens is 1. The number of benzene rings is 2. The maximum atomic E-state index is 12.0. The third kappa shape index (κ3) is 3.73. The number of hydrogen-bond donors (Lipinski definition) is 1. The van der Waals surface area contributed by atoms with E-state index in [9.17, 15) is 4.79 Å². The van der Waals surface area contributed by atoms with Gasteiger partial charge in [0.2, 0.25) is 0 Å². The molecule has 0 aliphatic carbocycles. The molecule has 4 nitrogen and oxygen atoms in total. The van der Waals surface area contributed by atoms with Crippen molar-refractivity contribution < 1.29 is 4.79 Å². The maximum Gasteiger partial charge on any atom is 0.271 e. The van der Waals surface area contributed by atoms with E-state index in [0.717, 1.165) is 17.0 Å². The maximum absolute atomic E-state index is 12.0. The first-order valence-corrected chi connectivity index (χ1v) is 7.85. The van der Waals surface area contributed by atoms with Gasteiger partial charge in [-0.2, -0.15) is 5.10 Å². The molecule has 0 atom stereocenters. The molecule has 0 unspecified atom stereocenters. The zero-order valence-corrected chi connectivity index (χ0v) is 13.9. The fourth-order valence-electron chi connectivity index (χ4n) is 2.25. The van der Waals surface area contributed by atoms with E-state index in [2.05, 4.69) is 10.5 Å². The molecule has 1 amide bonds. The molecule has 24 heavy (non-hydrogen) atoms. The predicted molar refractivity (Wildman–Crippen MR) is 96.9 cm³/mol. The number of carbonyl (C=O) groups excluding carboxylic acids is 1. The first kappa shape index (κ1) is 16.0. The summed E-state index contributed by atoms with van der Waals surface area (Å²) >= 11 is 5.81. The van der Waals surface area contributed by atoms with Gasteiger partial charge < -0.3 is 4.57 Å².